The molecule has 3 nitrogen and oxygen atoms in total. The van der Waals surface area contributed by atoms with Crippen molar-refractivity contribution in [2.75, 3.05) is 0 Å². The molecule has 0 spiro atoms. The third kappa shape index (κ3) is 3.85. The maximum absolute atomic E-state index is 12.3. The molecular weight excluding hydrogens is 302 g/mol. The van der Waals surface area contributed by atoms with Gasteiger partial charge in [0.25, 0.3) is 12.0 Å². The summed E-state index contributed by atoms with van der Waals surface area (Å²) in [5.41, 5.74) is 0.385. The Hall–Kier alpha value is -1.25. The molecule has 0 N–H and O–H groups in total. The molecule has 0 saturated carbocycles. The zero-order valence-electron chi connectivity index (χ0n) is 9.53. The Morgan fingerprint density at radius 1 is 0.947 bits per heavy atom. The van der Waals surface area contributed by atoms with Crippen molar-refractivity contribution in [3.8, 4) is 5.88 Å². The van der Waals surface area contributed by atoms with Gasteiger partial charge < -0.3 is 4.74 Å². The van der Waals surface area contributed by atoms with E-state index in [0.29, 0.717) is 0 Å². The van der Waals surface area contributed by atoms with Crippen LogP contribution >= 0.6 is 11.6 Å². The average molecular weight is 309 g/mol. The molecule has 10 heteroatoms. The first-order valence-corrected chi connectivity index (χ1v) is 5.11. The average Bonchev–Trinajstić information content (AvgIpc) is 2.17. The fourth-order valence-corrected chi connectivity index (χ4v) is 1.27. The van der Waals surface area contributed by atoms with Gasteiger partial charge in [-0.1, -0.05) is 11.6 Å². The van der Waals surface area contributed by atoms with Crippen LogP contribution < -0.4 is 4.74 Å². The standard InChI is InChI=1S/C9H7ClF6N2O/c1-3-4(2)18-6(5(10)17-3)19-7(8(11,12)13)9(14,15)16/h7H,1-2H3. The van der Waals surface area contributed by atoms with Crippen LogP contribution in [0.3, 0.4) is 0 Å². The molecule has 1 aromatic rings. The van der Waals surface area contributed by atoms with Crippen LogP contribution in [-0.4, -0.2) is 28.4 Å². The van der Waals surface area contributed by atoms with Crippen molar-refractivity contribution in [1.29, 1.82) is 0 Å². The van der Waals surface area contributed by atoms with E-state index >= 15 is 0 Å². The first-order valence-electron chi connectivity index (χ1n) is 4.73. The van der Waals surface area contributed by atoms with E-state index in [0.717, 1.165) is 0 Å². The van der Waals surface area contributed by atoms with E-state index in [1.165, 1.54) is 13.8 Å². The monoisotopic (exact) mass is 308 g/mol. The third-order valence-electron chi connectivity index (χ3n) is 2.06. The van der Waals surface area contributed by atoms with Gasteiger partial charge in [0.2, 0.25) is 0 Å². The highest BCUT2D eigenvalue weighted by molar-refractivity contribution is 6.30. The molecule has 0 atom stereocenters. The molecule has 0 fully saturated rings. The molecule has 0 aliphatic heterocycles. The molecule has 19 heavy (non-hydrogen) atoms. The summed E-state index contributed by atoms with van der Waals surface area (Å²) in [6, 6.07) is 0. The van der Waals surface area contributed by atoms with E-state index in [1.54, 1.807) is 0 Å². The first kappa shape index (κ1) is 15.8. The van der Waals surface area contributed by atoms with Crippen molar-refractivity contribution in [2.45, 2.75) is 32.3 Å². The minimum Gasteiger partial charge on any atom is -0.453 e. The Labute approximate surface area is 108 Å². The number of alkyl halides is 6. The highest BCUT2D eigenvalue weighted by atomic mass is 35.5. The van der Waals surface area contributed by atoms with Crippen LogP contribution in [0, 0.1) is 13.8 Å². The molecule has 1 aromatic heterocycles. The molecule has 1 rings (SSSR count). The molecule has 0 radical (unpaired) electrons. The quantitative estimate of drug-likeness (QED) is 0.783. The lowest BCUT2D eigenvalue weighted by Crippen LogP contribution is -2.46. The van der Waals surface area contributed by atoms with Crippen molar-refractivity contribution in [2.24, 2.45) is 0 Å². The molecule has 108 valence electrons. The molecular formula is C9H7ClF6N2O. The second-order valence-corrected chi connectivity index (χ2v) is 3.93. The van der Waals surface area contributed by atoms with Crippen LogP contribution in [-0.2, 0) is 0 Å². The van der Waals surface area contributed by atoms with Crippen molar-refractivity contribution in [1.82, 2.24) is 9.97 Å². The number of hydrogen-bond acceptors (Lipinski definition) is 3. The second-order valence-electron chi connectivity index (χ2n) is 3.57. The fourth-order valence-electron chi connectivity index (χ4n) is 1.06. The van der Waals surface area contributed by atoms with Gasteiger partial charge in [-0.15, -0.1) is 0 Å². The van der Waals surface area contributed by atoms with Crippen molar-refractivity contribution in [3.63, 3.8) is 0 Å². The van der Waals surface area contributed by atoms with Crippen molar-refractivity contribution < 1.29 is 31.1 Å². The second kappa shape index (κ2) is 5.03. The summed E-state index contributed by atoms with van der Waals surface area (Å²) in [7, 11) is 0. The zero-order valence-corrected chi connectivity index (χ0v) is 10.3. The van der Waals surface area contributed by atoms with Crippen LogP contribution in [0.4, 0.5) is 26.3 Å². The lowest BCUT2D eigenvalue weighted by atomic mass is 10.3. The van der Waals surface area contributed by atoms with E-state index < -0.39 is 29.5 Å². The Bertz CT molecular complexity index is 459. The van der Waals surface area contributed by atoms with Crippen LogP contribution in [0.2, 0.25) is 5.15 Å². The number of halogens is 7. The van der Waals surface area contributed by atoms with E-state index in [2.05, 4.69) is 14.7 Å². The van der Waals surface area contributed by atoms with Crippen molar-refractivity contribution >= 4 is 11.6 Å². The highest BCUT2D eigenvalue weighted by Crippen LogP contribution is 2.37. The number of aromatic nitrogens is 2. The van der Waals surface area contributed by atoms with Gasteiger partial charge in [-0.05, 0) is 13.8 Å². The molecule has 0 aliphatic carbocycles. The van der Waals surface area contributed by atoms with Gasteiger partial charge in [-0.2, -0.15) is 26.3 Å². The zero-order chi connectivity index (χ0) is 15.0. The van der Waals surface area contributed by atoms with E-state index in [9.17, 15) is 26.3 Å². The summed E-state index contributed by atoms with van der Waals surface area (Å²) in [6.07, 6.45) is -15.3. The smallest absolute Gasteiger partial charge is 0.434 e. The molecule has 0 amide bonds. The number of nitrogens with zero attached hydrogens (tertiary/aromatic N) is 2. The lowest BCUT2D eigenvalue weighted by molar-refractivity contribution is -0.300. The van der Waals surface area contributed by atoms with Crippen LogP contribution in [0.15, 0.2) is 0 Å². The van der Waals surface area contributed by atoms with Gasteiger partial charge in [-0.25, -0.2) is 9.97 Å². The fraction of sp³-hybridized carbons (Fsp3) is 0.556. The third-order valence-corrected chi connectivity index (χ3v) is 2.31. The van der Waals surface area contributed by atoms with Gasteiger partial charge in [0.05, 0.1) is 11.4 Å². The largest absolute Gasteiger partial charge is 0.453 e. The maximum atomic E-state index is 12.3. The van der Waals surface area contributed by atoms with Gasteiger partial charge >= 0.3 is 12.4 Å². The molecule has 0 bridgehead atoms. The highest BCUT2D eigenvalue weighted by Gasteiger charge is 2.59. The normalized spacial score (nSPS) is 12.9. The lowest BCUT2D eigenvalue weighted by Gasteiger charge is -2.23. The molecule has 0 saturated heterocycles. The SMILES string of the molecule is Cc1nc(Cl)c(OC(C(F)(F)F)C(F)(F)F)nc1C. The Balaban J connectivity index is 3.15. The van der Waals surface area contributed by atoms with Gasteiger partial charge in [-0.3, -0.25) is 0 Å². The Morgan fingerprint density at radius 2 is 1.37 bits per heavy atom. The predicted octanol–water partition coefficient (Wildman–Crippen LogP) is 3.62. The predicted molar refractivity (Wildman–Crippen MR) is 53.0 cm³/mol. The summed E-state index contributed by atoms with van der Waals surface area (Å²) < 4.78 is 77.5. The van der Waals surface area contributed by atoms with E-state index in [-0.39, 0.29) is 11.4 Å². The molecule has 0 aliphatic rings. The summed E-state index contributed by atoms with van der Waals surface area (Å²) in [5.74, 6) is -1.01. The molecule has 0 aromatic carbocycles. The van der Waals surface area contributed by atoms with Crippen molar-refractivity contribution in [3.05, 3.63) is 16.5 Å². The number of rotatable bonds is 2. The summed E-state index contributed by atoms with van der Waals surface area (Å²) in [4.78, 5) is 6.96. The van der Waals surface area contributed by atoms with Crippen LogP contribution in [0.25, 0.3) is 0 Å². The van der Waals surface area contributed by atoms with E-state index in [1.807, 2.05) is 0 Å². The Kier molecular flexibility index (Phi) is 4.18. The van der Waals surface area contributed by atoms with Gasteiger partial charge in [0.1, 0.15) is 0 Å². The van der Waals surface area contributed by atoms with Crippen LogP contribution in [0.1, 0.15) is 11.4 Å². The number of aryl methyl sites for hydroxylation is 2. The number of hydrogen-bond donors (Lipinski definition) is 0. The Morgan fingerprint density at radius 3 is 1.79 bits per heavy atom. The minimum absolute atomic E-state index is 0.113. The van der Waals surface area contributed by atoms with E-state index in [4.69, 9.17) is 11.6 Å². The van der Waals surface area contributed by atoms with Gasteiger partial charge in [0.15, 0.2) is 5.15 Å². The maximum Gasteiger partial charge on any atom is 0.434 e. The molecule has 0 unspecified atom stereocenters. The van der Waals surface area contributed by atoms with Crippen LogP contribution in [0.5, 0.6) is 5.88 Å². The summed E-state index contributed by atoms with van der Waals surface area (Å²) >= 11 is 5.41. The first-order chi connectivity index (χ1) is 8.43. The summed E-state index contributed by atoms with van der Waals surface area (Å²) in [5, 5.41) is -0.665. The number of ether oxygens (including phenoxy) is 1. The minimum atomic E-state index is -5.64. The topological polar surface area (TPSA) is 35.0 Å². The summed E-state index contributed by atoms with van der Waals surface area (Å²) in [6.45, 7) is 2.80. The molecule has 1 heterocycles. The van der Waals surface area contributed by atoms with Gasteiger partial charge in [0, 0.05) is 0 Å².